The van der Waals surface area contributed by atoms with Gasteiger partial charge in [0.05, 0.1) is 13.2 Å². The fourth-order valence-electron chi connectivity index (χ4n) is 2.89. The van der Waals surface area contributed by atoms with Crippen molar-refractivity contribution < 1.29 is 9.13 Å². The van der Waals surface area contributed by atoms with Crippen molar-refractivity contribution in [3.63, 3.8) is 0 Å². The lowest BCUT2D eigenvalue weighted by atomic mass is 10.3. The first-order valence-electron chi connectivity index (χ1n) is 9.21. The zero-order chi connectivity index (χ0) is 18.8. The normalized spacial score (nSPS) is 17.8. The molecule has 1 atom stereocenters. The summed E-state index contributed by atoms with van der Waals surface area (Å²) in [5, 5.41) is 6.74. The smallest absolute Gasteiger partial charge is 0.191 e. The molecule has 0 amide bonds. The molecule has 1 aliphatic heterocycles. The van der Waals surface area contributed by atoms with Crippen LogP contribution in [0, 0.1) is 5.82 Å². The largest absolute Gasteiger partial charge is 0.383 e. The van der Waals surface area contributed by atoms with E-state index in [1.807, 2.05) is 11.8 Å². The van der Waals surface area contributed by atoms with Crippen molar-refractivity contribution in [2.75, 3.05) is 64.9 Å². The van der Waals surface area contributed by atoms with E-state index in [9.17, 15) is 4.39 Å². The monoisotopic (exact) mass is 366 g/mol. The van der Waals surface area contributed by atoms with Gasteiger partial charge in [0.25, 0.3) is 0 Å². The Bertz CT molecular complexity index is 570. The van der Waals surface area contributed by atoms with Gasteiger partial charge in [0.2, 0.25) is 0 Å². The molecule has 0 aliphatic carbocycles. The van der Waals surface area contributed by atoms with Gasteiger partial charge in [-0.3, -0.25) is 4.99 Å². The minimum absolute atomic E-state index is 0.223. The summed E-state index contributed by atoms with van der Waals surface area (Å²) in [5.41, 5.74) is 0. The van der Waals surface area contributed by atoms with Gasteiger partial charge in [-0.25, -0.2) is 9.37 Å². The Morgan fingerprint density at radius 1 is 1.50 bits per heavy atom. The van der Waals surface area contributed by atoms with Gasteiger partial charge in [0.1, 0.15) is 0 Å². The minimum Gasteiger partial charge on any atom is -0.383 e. The van der Waals surface area contributed by atoms with Crippen LogP contribution in [0.25, 0.3) is 0 Å². The first-order valence-corrected chi connectivity index (χ1v) is 9.21. The van der Waals surface area contributed by atoms with Gasteiger partial charge in [-0.2, -0.15) is 0 Å². The molecule has 2 heterocycles. The van der Waals surface area contributed by atoms with Crippen LogP contribution >= 0.6 is 0 Å². The van der Waals surface area contributed by atoms with Gasteiger partial charge < -0.3 is 25.2 Å². The second kappa shape index (κ2) is 10.9. The Hall–Kier alpha value is -1.93. The number of rotatable bonds is 9. The topological polar surface area (TPSA) is 65.0 Å². The number of likely N-dealkylation sites (N-methyl/N-ethyl adjacent to an activating group) is 1. The van der Waals surface area contributed by atoms with Crippen LogP contribution < -0.4 is 15.5 Å². The molecule has 0 radical (unpaired) electrons. The molecule has 0 spiro atoms. The van der Waals surface area contributed by atoms with Crippen molar-refractivity contribution in [3.8, 4) is 0 Å². The van der Waals surface area contributed by atoms with E-state index in [1.165, 1.54) is 6.07 Å². The second-order valence-electron chi connectivity index (χ2n) is 6.44. The van der Waals surface area contributed by atoms with Crippen molar-refractivity contribution in [3.05, 3.63) is 24.1 Å². The van der Waals surface area contributed by atoms with Crippen LogP contribution in [-0.4, -0.2) is 81.9 Å². The quantitative estimate of drug-likeness (QED) is 0.501. The number of guanidine groups is 1. The molecule has 2 rings (SSSR count). The minimum atomic E-state index is -0.271. The number of nitrogens with zero attached hydrogens (tertiary/aromatic N) is 4. The van der Waals surface area contributed by atoms with Crippen LogP contribution in [0.4, 0.5) is 10.2 Å². The number of halogens is 1. The van der Waals surface area contributed by atoms with E-state index in [-0.39, 0.29) is 11.9 Å². The third kappa shape index (κ3) is 6.42. The number of methoxy groups -OCH3 is 1. The van der Waals surface area contributed by atoms with E-state index < -0.39 is 0 Å². The van der Waals surface area contributed by atoms with Crippen LogP contribution in [-0.2, 0) is 4.74 Å². The molecular weight excluding hydrogens is 335 g/mol. The molecule has 1 unspecified atom stereocenters. The molecule has 1 saturated heterocycles. The summed E-state index contributed by atoms with van der Waals surface area (Å²) in [5.74, 6) is 0.965. The maximum absolute atomic E-state index is 13.9. The van der Waals surface area contributed by atoms with Crippen molar-refractivity contribution in [2.45, 2.75) is 19.4 Å². The fourth-order valence-corrected chi connectivity index (χ4v) is 2.89. The molecule has 1 aromatic rings. The van der Waals surface area contributed by atoms with E-state index in [0.717, 1.165) is 45.2 Å². The molecule has 0 aromatic carbocycles. The number of nitrogens with one attached hydrogen (secondary N) is 2. The molecule has 0 bridgehead atoms. The maximum Gasteiger partial charge on any atom is 0.191 e. The van der Waals surface area contributed by atoms with Crippen molar-refractivity contribution >= 4 is 11.8 Å². The summed E-state index contributed by atoms with van der Waals surface area (Å²) < 4.78 is 19.0. The summed E-state index contributed by atoms with van der Waals surface area (Å²) in [4.78, 5) is 13.0. The Balaban J connectivity index is 1.84. The lowest BCUT2D eigenvalue weighted by molar-refractivity contribution is 0.163. The Morgan fingerprint density at radius 3 is 3.08 bits per heavy atom. The predicted octanol–water partition coefficient (Wildman–Crippen LogP) is 0.933. The number of hydrogen-bond acceptors (Lipinski definition) is 5. The van der Waals surface area contributed by atoms with Gasteiger partial charge in [-0.15, -0.1) is 0 Å². The Morgan fingerprint density at radius 2 is 2.35 bits per heavy atom. The van der Waals surface area contributed by atoms with E-state index >= 15 is 0 Å². The first-order chi connectivity index (χ1) is 12.6. The van der Waals surface area contributed by atoms with Gasteiger partial charge in [0, 0.05) is 52.1 Å². The summed E-state index contributed by atoms with van der Waals surface area (Å²) in [7, 11) is 3.77. The predicted molar refractivity (Wildman–Crippen MR) is 103 cm³/mol. The Kier molecular flexibility index (Phi) is 8.57. The van der Waals surface area contributed by atoms with Gasteiger partial charge in [-0.1, -0.05) is 0 Å². The summed E-state index contributed by atoms with van der Waals surface area (Å²) in [6.45, 7) is 7.54. The van der Waals surface area contributed by atoms with Crippen molar-refractivity contribution in [1.29, 1.82) is 0 Å². The van der Waals surface area contributed by atoms with Gasteiger partial charge >= 0.3 is 0 Å². The molecule has 1 aliphatic rings. The van der Waals surface area contributed by atoms with Gasteiger partial charge in [-0.05, 0) is 32.5 Å². The lowest BCUT2D eigenvalue weighted by Gasteiger charge is -2.20. The zero-order valence-corrected chi connectivity index (χ0v) is 16.0. The van der Waals surface area contributed by atoms with Crippen molar-refractivity contribution in [1.82, 2.24) is 20.5 Å². The molecule has 1 aromatic heterocycles. The highest BCUT2D eigenvalue weighted by atomic mass is 19.1. The highest BCUT2D eigenvalue weighted by molar-refractivity contribution is 5.80. The molecule has 26 heavy (non-hydrogen) atoms. The number of aromatic nitrogens is 1. The van der Waals surface area contributed by atoms with Gasteiger partial charge in [0.15, 0.2) is 17.6 Å². The highest BCUT2D eigenvalue weighted by Crippen LogP contribution is 2.20. The standard InChI is InChI=1S/C18H31FN6O/c1-4-20-18(22-9-11-24(2)12-13-26-3)23-15-7-10-25(14-15)17-16(19)6-5-8-21-17/h5-6,8,15H,4,7,9-14H2,1-3H3,(H2,20,22,23). The number of pyridine rings is 1. The second-order valence-corrected chi connectivity index (χ2v) is 6.44. The van der Waals surface area contributed by atoms with Crippen LogP contribution in [0.2, 0.25) is 0 Å². The SMILES string of the molecule is CCNC(=NCCN(C)CCOC)NC1CCN(c2ncccc2F)C1. The third-order valence-corrected chi connectivity index (χ3v) is 4.34. The molecule has 1 fully saturated rings. The number of ether oxygens (including phenoxy) is 1. The summed E-state index contributed by atoms with van der Waals surface area (Å²) in [6.07, 6.45) is 2.55. The van der Waals surface area contributed by atoms with E-state index in [0.29, 0.717) is 18.9 Å². The third-order valence-electron chi connectivity index (χ3n) is 4.34. The Labute approximate surface area is 155 Å². The van der Waals surface area contributed by atoms with E-state index in [2.05, 4.69) is 32.6 Å². The number of hydrogen-bond donors (Lipinski definition) is 2. The lowest BCUT2D eigenvalue weighted by Crippen LogP contribution is -2.45. The number of anilines is 1. The molecule has 2 N–H and O–H groups in total. The molecular formula is C18H31FN6O. The zero-order valence-electron chi connectivity index (χ0n) is 16.0. The van der Waals surface area contributed by atoms with Crippen LogP contribution in [0.15, 0.2) is 23.3 Å². The van der Waals surface area contributed by atoms with Crippen molar-refractivity contribution in [2.24, 2.45) is 4.99 Å². The average molecular weight is 366 g/mol. The van der Waals surface area contributed by atoms with Crippen LogP contribution in [0.3, 0.4) is 0 Å². The highest BCUT2D eigenvalue weighted by Gasteiger charge is 2.25. The maximum atomic E-state index is 13.9. The number of aliphatic imine (C=N–C) groups is 1. The first kappa shape index (κ1) is 20.4. The molecule has 8 heteroatoms. The van der Waals surface area contributed by atoms with E-state index in [4.69, 9.17) is 4.74 Å². The van der Waals surface area contributed by atoms with Crippen LogP contribution in [0.1, 0.15) is 13.3 Å². The van der Waals surface area contributed by atoms with E-state index in [1.54, 1.807) is 19.4 Å². The summed E-state index contributed by atoms with van der Waals surface area (Å²) >= 11 is 0. The fraction of sp³-hybridized carbons (Fsp3) is 0.667. The van der Waals surface area contributed by atoms with Crippen LogP contribution in [0.5, 0.6) is 0 Å². The summed E-state index contributed by atoms with van der Waals surface area (Å²) in [6, 6.07) is 3.29. The molecule has 146 valence electrons. The molecule has 0 saturated carbocycles. The molecule has 7 nitrogen and oxygen atoms in total. The average Bonchev–Trinajstić information content (AvgIpc) is 3.08.